The molecule has 1 N–H and O–H groups in total. The van der Waals surface area contributed by atoms with Gasteiger partial charge in [-0.1, -0.05) is 24.4 Å². The molecule has 1 atom stereocenters. The van der Waals surface area contributed by atoms with Gasteiger partial charge in [0.2, 0.25) is 5.91 Å². The van der Waals surface area contributed by atoms with E-state index in [2.05, 4.69) is 0 Å². The van der Waals surface area contributed by atoms with Crippen LogP contribution in [0.5, 0.6) is 0 Å². The molecule has 3 nitrogen and oxygen atoms in total. The molecule has 1 fully saturated rings. The van der Waals surface area contributed by atoms with E-state index in [0.29, 0.717) is 0 Å². The smallest absolute Gasteiger partial charge is 0.246 e. The number of thiophene rings is 1. The van der Waals surface area contributed by atoms with Gasteiger partial charge in [0.1, 0.15) is 0 Å². The van der Waals surface area contributed by atoms with Gasteiger partial charge in [-0.25, -0.2) is 0 Å². The van der Waals surface area contributed by atoms with Crippen LogP contribution in [-0.2, 0) is 4.79 Å². The highest BCUT2D eigenvalue weighted by molar-refractivity contribution is 7.17. The molecule has 1 aromatic heterocycles. The van der Waals surface area contributed by atoms with Gasteiger partial charge in [0, 0.05) is 17.5 Å². The predicted molar refractivity (Wildman–Crippen MR) is 79.4 cm³/mol. The monoisotopic (exact) mass is 299 g/mol. The molecule has 0 bridgehead atoms. The molecule has 5 heteroatoms. The standard InChI is InChI=1S/C14H18ClNO2S/c15-13-7-5-12(19-13)6-8-14(18)16-9-3-1-2-4-11(16)10-17/h5-8,11,17H,1-4,9-10H2/b8-6+. The number of aliphatic hydroxyl groups excluding tert-OH is 1. The lowest BCUT2D eigenvalue weighted by molar-refractivity contribution is -0.129. The Morgan fingerprint density at radius 1 is 1.47 bits per heavy atom. The van der Waals surface area contributed by atoms with Crippen LogP contribution in [0.1, 0.15) is 30.6 Å². The molecule has 19 heavy (non-hydrogen) atoms. The molecule has 1 amide bonds. The lowest BCUT2D eigenvalue weighted by atomic mass is 10.1. The molecular formula is C14H18ClNO2S. The van der Waals surface area contributed by atoms with Crippen molar-refractivity contribution >= 4 is 34.9 Å². The fourth-order valence-electron chi connectivity index (χ4n) is 2.32. The Morgan fingerprint density at radius 2 is 2.32 bits per heavy atom. The van der Waals surface area contributed by atoms with Crippen LogP contribution < -0.4 is 0 Å². The van der Waals surface area contributed by atoms with E-state index in [1.807, 2.05) is 12.1 Å². The average molecular weight is 300 g/mol. The van der Waals surface area contributed by atoms with E-state index in [0.717, 1.165) is 41.4 Å². The number of rotatable bonds is 3. The molecule has 1 aliphatic heterocycles. The van der Waals surface area contributed by atoms with E-state index in [-0.39, 0.29) is 18.6 Å². The van der Waals surface area contributed by atoms with E-state index >= 15 is 0 Å². The first-order valence-corrected chi connectivity index (χ1v) is 7.75. The first-order valence-electron chi connectivity index (χ1n) is 6.55. The number of halogens is 1. The largest absolute Gasteiger partial charge is 0.394 e. The van der Waals surface area contributed by atoms with Crippen molar-refractivity contribution < 1.29 is 9.90 Å². The number of carbonyl (C=O) groups excluding carboxylic acids is 1. The summed E-state index contributed by atoms with van der Waals surface area (Å²) in [6.45, 7) is 0.782. The van der Waals surface area contributed by atoms with Gasteiger partial charge in [0.15, 0.2) is 0 Å². The molecule has 1 aromatic rings. The third-order valence-electron chi connectivity index (χ3n) is 3.36. The Bertz CT molecular complexity index is 458. The van der Waals surface area contributed by atoms with E-state index in [1.54, 1.807) is 17.1 Å². The van der Waals surface area contributed by atoms with Gasteiger partial charge in [-0.3, -0.25) is 4.79 Å². The third kappa shape index (κ3) is 4.06. The summed E-state index contributed by atoms with van der Waals surface area (Å²) in [6, 6.07) is 3.67. The Hall–Kier alpha value is -0.840. The maximum Gasteiger partial charge on any atom is 0.246 e. The summed E-state index contributed by atoms with van der Waals surface area (Å²) in [5.74, 6) is -0.0227. The lowest BCUT2D eigenvalue weighted by Gasteiger charge is -2.27. The fraction of sp³-hybridized carbons (Fsp3) is 0.500. The summed E-state index contributed by atoms with van der Waals surface area (Å²) in [5.41, 5.74) is 0. The van der Waals surface area contributed by atoms with Crippen molar-refractivity contribution in [3.8, 4) is 0 Å². The molecule has 1 aliphatic rings. The second-order valence-corrected chi connectivity index (χ2v) is 6.44. The van der Waals surface area contributed by atoms with Gasteiger partial charge >= 0.3 is 0 Å². The zero-order valence-corrected chi connectivity index (χ0v) is 12.3. The highest BCUT2D eigenvalue weighted by atomic mass is 35.5. The van der Waals surface area contributed by atoms with E-state index < -0.39 is 0 Å². The Labute approximate surface area is 122 Å². The number of hydrogen-bond donors (Lipinski definition) is 1. The maximum absolute atomic E-state index is 12.2. The van der Waals surface area contributed by atoms with Crippen LogP contribution in [0, 0.1) is 0 Å². The van der Waals surface area contributed by atoms with E-state index in [9.17, 15) is 9.90 Å². The van der Waals surface area contributed by atoms with Crippen molar-refractivity contribution in [3.63, 3.8) is 0 Å². The van der Waals surface area contributed by atoms with Crippen LogP contribution in [0.4, 0.5) is 0 Å². The van der Waals surface area contributed by atoms with E-state index in [4.69, 9.17) is 11.6 Å². The molecule has 0 radical (unpaired) electrons. The molecule has 1 saturated heterocycles. The van der Waals surface area contributed by atoms with Gasteiger partial charge < -0.3 is 10.0 Å². The second-order valence-electron chi connectivity index (χ2n) is 4.69. The fourth-order valence-corrected chi connectivity index (χ4v) is 3.29. The van der Waals surface area contributed by atoms with Crippen LogP contribution in [0.2, 0.25) is 4.34 Å². The van der Waals surface area contributed by atoms with Crippen molar-refractivity contribution in [1.82, 2.24) is 4.90 Å². The van der Waals surface area contributed by atoms with E-state index in [1.165, 1.54) is 11.3 Å². The van der Waals surface area contributed by atoms with Crippen molar-refractivity contribution in [3.05, 3.63) is 27.4 Å². The minimum Gasteiger partial charge on any atom is -0.394 e. The summed E-state index contributed by atoms with van der Waals surface area (Å²) in [6.07, 6.45) is 7.49. The number of likely N-dealkylation sites (tertiary alicyclic amines) is 1. The van der Waals surface area contributed by atoms with Crippen LogP contribution in [0.15, 0.2) is 18.2 Å². The minimum absolute atomic E-state index is 0.0227. The predicted octanol–water partition coefficient (Wildman–Crippen LogP) is 3.18. The molecule has 0 aliphatic carbocycles. The summed E-state index contributed by atoms with van der Waals surface area (Å²) in [7, 11) is 0. The third-order valence-corrected chi connectivity index (χ3v) is 4.55. The van der Waals surface area contributed by atoms with Gasteiger partial charge in [-0.2, -0.15) is 0 Å². The van der Waals surface area contributed by atoms with Gasteiger partial charge in [0.05, 0.1) is 17.0 Å². The Kier molecular flexibility index (Phi) is 5.43. The number of carbonyl (C=O) groups is 1. The molecule has 104 valence electrons. The van der Waals surface area contributed by atoms with Gasteiger partial charge in [0.25, 0.3) is 0 Å². The summed E-state index contributed by atoms with van der Waals surface area (Å²) in [5, 5.41) is 9.39. The summed E-state index contributed by atoms with van der Waals surface area (Å²) in [4.78, 5) is 15.0. The van der Waals surface area contributed by atoms with Gasteiger partial charge in [-0.05, 0) is 31.1 Å². The lowest BCUT2D eigenvalue weighted by Crippen LogP contribution is -2.41. The highest BCUT2D eigenvalue weighted by Gasteiger charge is 2.23. The summed E-state index contributed by atoms with van der Waals surface area (Å²) < 4.78 is 0.718. The van der Waals surface area contributed by atoms with Crippen LogP contribution in [0.25, 0.3) is 6.08 Å². The second kappa shape index (κ2) is 7.08. The number of hydrogen-bond acceptors (Lipinski definition) is 3. The topological polar surface area (TPSA) is 40.5 Å². The molecule has 0 aromatic carbocycles. The quantitative estimate of drug-likeness (QED) is 0.871. The first kappa shape index (κ1) is 14.6. The van der Waals surface area contributed by atoms with Crippen LogP contribution in [0.3, 0.4) is 0 Å². The number of aliphatic hydroxyl groups is 1. The first-order chi connectivity index (χ1) is 9.20. The normalized spacial score (nSPS) is 20.7. The van der Waals surface area contributed by atoms with Crippen LogP contribution >= 0.6 is 22.9 Å². The Balaban J connectivity index is 2.02. The minimum atomic E-state index is -0.0356. The highest BCUT2D eigenvalue weighted by Crippen LogP contribution is 2.23. The average Bonchev–Trinajstić information content (AvgIpc) is 2.69. The molecule has 2 heterocycles. The number of amides is 1. The van der Waals surface area contributed by atoms with Crippen molar-refractivity contribution in [2.75, 3.05) is 13.2 Å². The Morgan fingerprint density at radius 3 is 3.00 bits per heavy atom. The maximum atomic E-state index is 12.2. The summed E-state index contributed by atoms with van der Waals surface area (Å²) >= 11 is 7.29. The zero-order chi connectivity index (χ0) is 13.7. The molecule has 1 unspecified atom stereocenters. The SMILES string of the molecule is O=C(/C=C/c1ccc(Cl)s1)N1CCCCCC1CO. The molecule has 0 spiro atoms. The van der Waals surface area contributed by atoms with Crippen LogP contribution in [-0.4, -0.2) is 35.1 Å². The number of nitrogens with zero attached hydrogens (tertiary/aromatic N) is 1. The van der Waals surface area contributed by atoms with Crippen molar-refractivity contribution in [2.45, 2.75) is 31.7 Å². The molecular weight excluding hydrogens is 282 g/mol. The van der Waals surface area contributed by atoms with Gasteiger partial charge in [-0.15, -0.1) is 11.3 Å². The molecule has 0 saturated carbocycles. The molecule has 2 rings (SSSR count). The van der Waals surface area contributed by atoms with Crippen molar-refractivity contribution in [2.24, 2.45) is 0 Å². The van der Waals surface area contributed by atoms with Crippen molar-refractivity contribution in [1.29, 1.82) is 0 Å². The zero-order valence-electron chi connectivity index (χ0n) is 10.7.